The van der Waals surface area contributed by atoms with Crippen LogP contribution in [0.1, 0.15) is 49.5 Å². The van der Waals surface area contributed by atoms with E-state index in [-0.39, 0.29) is 22.8 Å². The number of aromatic nitrogens is 3. The van der Waals surface area contributed by atoms with Gasteiger partial charge >= 0.3 is 0 Å². The van der Waals surface area contributed by atoms with Crippen LogP contribution >= 0.6 is 11.6 Å². The van der Waals surface area contributed by atoms with E-state index in [0.29, 0.717) is 24.1 Å². The van der Waals surface area contributed by atoms with E-state index in [1.54, 1.807) is 18.2 Å². The second-order valence-electron chi connectivity index (χ2n) is 5.93. The second kappa shape index (κ2) is 6.94. The lowest BCUT2D eigenvalue weighted by molar-refractivity contribution is -0.120. The van der Waals surface area contributed by atoms with Crippen LogP contribution in [-0.4, -0.2) is 20.5 Å². The molecule has 1 fully saturated rings. The van der Waals surface area contributed by atoms with Gasteiger partial charge in [-0.05, 0) is 37.0 Å². The summed E-state index contributed by atoms with van der Waals surface area (Å²) >= 11 is 6.12. The summed E-state index contributed by atoms with van der Waals surface area (Å²) in [5.74, 6) is -0.0239. The molecular weight excluding hydrogens is 338 g/mol. The lowest BCUT2D eigenvalue weighted by Crippen LogP contribution is -2.14. The maximum atomic E-state index is 13.0. The molecule has 8 heteroatoms. The van der Waals surface area contributed by atoms with Gasteiger partial charge in [-0.1, -0.05) is 17.7 Å². The lowest BCUT2D eigenvalue weighted by atomic mass is 10.00. The van der Waals surface area contributed by atoms with Crippen LogP contribution < -0.4 is 5.73 Å². The largest absolute Gasteiger partial charge is 0.324 e. The highest BCUT2D eigenvalue weighted by Gasteiger charge is 2.29. The molecule has 1 aromatic heterocycles. The van der Waals surface area contributed by atoms with Crippen LogP contribution in [0.15, 0.2) is 24.5 Å². The molecule has 1 heterocycles. The van der Waals surface area contributed by atoms with Crippen molar-refractivity contribution in [3.05, 3.63) is 40.9 Å². The van der Waals surface area contributed by atoms with E-state index in [4.69, 9.17) is 17.3 Å². The zero-order valence-electron chi connectivity index (χ0n) is 12.8. The number of benzene rings is 1. The monoisotopic (exact) mass is 354 g/mol. The van der Waals surface area contributed by atoms with Gasteiger partial charge in [0.1, 0.15) is 12.1 Å². The molecule has 1 saturated carbocycles. The van der Waals surface area contributed by atoms with Crippen LogP contribution in [0.3, 0.4) is 0 Å². The van der Waals surface area contributed by atoms with Crippen LogP contribution in [0, 0.1) is 5.92 Å². The topological polar surface area (TPSA) is 73.8 Å². The minimum absolute atomic E-state index is 0.210. The standard InChI is InChI=1S/C16H17ClF2N4O/c17-11-4-3-10(12(20)5-6-14(24)9-1-2-9)7-13(11)23-16(15(18)19)21-8-22-23/h3-4,7-9,12,15H,1-2,5-6,20H2/t12-/m1/s1. The summed E-state index contributed by atoms with van der Waals surface area (Å²) < 4.78 is 27.0. The number of carbonyl (C=O) groups excluding carboxylic acids is 1. The fourth-order valence-electron chi connectivity index (χ4n) is 2.58. The minimum atomic E-state index is -2.77. The van der Waals surface area contributed by atoms with Crippen molar-refractivity contribution in [2.75, 3.05) is 0 Å². The first-order valence-corrected chi connectivity index (χ1v) is 8.11. The van der Waals surface area contributed by atoms with Gasteiger partial charge in [-0.15, -0.1) is 0 Å². The fourth-order valence-corrected chi connectivity index (χ4v) is 2.78. The smallest absolute Gasteiger partial charge is 0.297 e. The Morgan fingerprint density at radius 1 is 1.42 bits per heavy atom. The van der Waals surface area contributed by atoms with Crippen LogP contribution in [0.4, 0.5) is 8.78 Å². The van der Waals surface area contributed by atoms with Crippen molar-refractivity contribution in [3.8, 4) is 5.69 Å². The number of halogens is 3. The van der Waals surface area contributed by atoms with Gasteiger partial charge in [0, 0.05) is 18.4 Å². The average Bonchev–Trinajstić information content (AvgIpc) is 3.29. The number of nitrogens with two attached hydrogens (primary N) is 1. The zero-order valence-corrected chi connectivity index (χ0v) is 13.6. The Labute approximate surface area is 142 Å². The summed E-state index contributed by atoms with van der Waals surface area (Å²) in [4.78, 5) is 15.3. The van der Waals surface area contributed by atoms with Crippen molar-refractivity contribution in [2.24, 2.45) is 11.7 Å². The highest BCUT2D eigenvalue weighted by Crippen LogP contribution is 2.33. The third kappa shape index (κ3) is 3.62. The Kier molecular flexibility index (Phi) is 4.91. The first kappa shape index (κ1) is 17.0. The van der Waals surface area contributed by atoms with Crippen LogP contribution in [0.25, 0.3) is 5.69 Å². The van der Waals surface area contributed by atoms with Gasteiger partial charge in [0.15, 0.2) is 5.82 Å². The Morgan fingerprint density at radius 3 is 2.83 bits per heavy atom. The second-order valence-corrected chi connectivity index (χ2v) is 6.33. The van der Waals surface area contributed by atoms with Gasteiger partial charge in [-0.2, -0.15) is 5.10 Å². The number of hydrogen-bond donors (Lipinski definition) is 1. The van der Waals surface area contributed by atoms with Gasteiger partial charge < -0.3 is 5.73 Å². The van der Waals surface area contributed by atoms with Crippen molar-refractivity contribution in [1.82, 2.24) is 14.8 Å². The van der Waals surface area contributed by atoms with Crippen molar-refractivity contribution in [3.63, 3.8) is 0 Å². The predicted octanol–water partition coefficient (Wildman–Crippen LogP) is 3.62. The first-order valence-electron chi connectivity index (χ1n) is 7.73. The number of carbonyl (C=O) groups is 1. The Balaban J connectivity index is 1.80. The highest BCUT2D eigenvalue weighted by atomic mass is 35.5. The normalized spacial score (nSPS) is 15.7. The molecule has 128 valence electrons. The van der Waals surface area contributed by atoms with Crippen LogP contribution in [0.5, 0.6) is 0 Å². The molecule has 1 atom stereocenters. The summed E-state index contributed by atoms with van der Waals surface area (Å²) in [7, 11) is 0. The Hall–Kier alpha value is -1.86. The fraction of sp³-hybridized carbons (Fsp3) is 0.438. The molecule has 0 spiro atoms. The van der Waals surface area contributed by atoms with Gasteiger partial charge in [0.05, 0.1) is 10.7 Å². The molecule has 1 aromatic carbocycles. The SMILES string of the molecule is N[C@H](CCC(=O)C1CC1)c1ccc(Cl)c(-n2ncnc2C(F)F)c1. The van der Waals surface area contributed by atoms with E-state index in [2.05, 4.69) is 10.1 Å². The summed E-state index contributed by atoms with van der Waals surface area (Å²) in [5, 5.41) is 4.09. The van der Waals surface area contributed by atoms with Crippen molar-refractivity contribution >= 4 is 17.4 Å². The maximum Gasteiger partial charge on any atom is 0.297 e. The maximum absolute atomic E-state index is 13.0. The quantitative estimate of drug-likeness (QED) is 0.824. The van der Waals surface area contributed by atoms with E-state index in [1.807, 2.05) is 0 Å². The Morgan fingerprint density at radius 2 is 2.17 bits per heavy atom. The van der Waals surface area contributed by atoms with Crippen molar-refractivity contribution in [2.45, 2.75) is 38.2 Å². The van der Waals surface area contributed by atoms with E-state index in [1.165, 1.54) is 0 Å². The molecule has 0 bridgehead atoms. The molecule has 3 rings (SSSR count). The van der Waals surface area contributed by atoms with Gasteiger partial charge in [0.2, 0.25) is 0 Å². The summed E-state index contributed by atoms with van der Waals surface area (Å²) in [5.41, 5.74) is 7.16. The van der Waals surface area contributed by atoms with E-state index in [0.717, 1.165) is 23.9 Å². The third-order valence-corrected chi connectivity index (χ3v) is 4.45. The molecule has 0 unspecified atom stereocenters. The number of rotatable bonds is 7. The minimum Gasteiger partial charge on any atom is -0.324 e. The third-order valence-electron chi connectivity index (χ3n) is 4.13. The summed E-state index contributed by atoms with van der Waals surface area (Å²) in [6, 6.07) is 4.57. The number of Topliss-reactive ketones (excluding diaryl/α,β-unsaturated/α-hetero) is 1. The molecular formula is C16H17ClF2N4O. The molecule has 2 aromatic rings. The molecule has 24 heavy (non-hydrogen) atoms. The average molecular weight is 355 g/mol. The first-order chi connectivity index (χ1) is 11.5. The molecule has 2 N–H and O–H groups in total. The zero-order chi connectivity index (χ0) is 17.3. The summed E-state index contributed by atoms with van der Waals surface area (Å²) in [6.45, 7) is 0. The molecule has 1 aliphatic carbocycles. The number of nitrogens with zero attached hydrogens (tertiary/aromatic N) is 3. The number of ketones is 1. The predicted molar refractivity (Wildman–Crippen MR) is 85.2 cm³/mol. The highest BCUT2D eigenvalue weighted by molar-refractivity contribution is 6.32. The molecule has 0 saturated heterocycles. The number of hydrogen-bond acceptors (Lipinski definition) is 4. The molecule has 0 amide bonds. The van der Waals surface area contributed by atoms with Gasteiger partial charge in [-0.3, -0.25) is 4.79 Å². The van der Waals surface area contributed by atoms with Crippen molar-refractivity contribution < 1.29 is 13.6 Å². The van der Waals surface area contributed by atoms with E-state index in [9.17, 15) is 13.6 Å². The Bertz CT molecular complexity index is 745. The molecule has 1 aliphatic rings. The molecule has 0 radical (unpaired) electrons. The van der Waals surface area contributed by atoms with Crippen LogP contribution in [-0.2, 0) is 4.79 Å². The van der Waals surface area contributed by atoms with Crippen LogP contribution in [0.2, 0.25) is 5.02 Å². The van der Waals surface area contributed by atoms with E-state index < -0.39 is 12.2 Å². The molecule has 5 nitrogen and oxygen atoms in total. The number of alkyl halides is 2. The summed E-state index contributed by atoms with van der Waals surface area (Å²) in [6.07, 6.45) is 1.17. The van der Waals surface area contributed by atoms with Gasteiger partial charge in [0.25, 0.3) is 6.43 Å². The van der Waals surface area contributed by atoms with E-state index >= 15 is 0 Å². The molecule has 0 aliphatic heterocycles. The lowest BCUT2D eigenvalue weighted by Gasteiger charge is -2.15. The van der Waals surface area contributed by atoms with Crippen molar-refractivity contribution in [1.29, 1.82) is 0 Å². The van der Waals surface area contributed by atoms with Gasteiger partial charge in [-0.25, -0.2) is 18.4 Å².